The van der Waals surface area contributed by atoms with Crippen LogP contribution in [0.4, 0.5) is 5.69 Å². The summed E-state index contributed by atoms with van der Waals surface area (Å²) in [6.07, 6.45) is 0.724. The summed E-state index contributed by atoms with van der Waals surface area (Å²) in [5.74, 6) is 0.357. The van der Waals surface area contributed by atoms with Crippen LogP contribution in [-0.4, -0.2) is 44.9 Å². The molecule has 6 rings (SSSR count). The van der Waals surface area contributed by atoms with Crippen molar-refractivity contribution in [2.75, 3.05) is 33.3 Å². The SMILES string of the molecule is COc1cc(-c2ccc(-c3cc4c(cc3C(=O)Nc3ccc(CN)cc3)-c3sccc3CCO4)c(C(=O)O)c2)cc(OC)c1OC. The van der Waals surface area contributed by atoms with Gasteiger partial charge in [0, 0.05) is 34.7 Å². The van der Waals surface area contributed by atoms with Gasteiger partial charge in [0.25, 0.3) is 5.91 Å². The van der Waals surface area contributed by atoms with Crippen LogP contribution < -0.4 is 30.0 Å². The predicted molar refractivity (Wildman–Crippen MR) is 179 cm³/mol. The third-order valence-electron chi connectivity index (χ3n) is 7.97. The Labute approximate surface area is 270 Å². The first-order valence-corrected chi connectivity index (χ1v) is 15.4. The van der Waals surface area contributed by atoms with E-state index in [4.69, 9.17) is 24.7 Å². The quantitative estimate of drug-likeness (QED) is 0.156. The minimum absolute atomic E-state index is 0.0120. The van der Waals surface area contributed by atoms with Gasteiger partial charge < -0.3 is 35.1 Å². The van der Waals surface area contributed by atoms with Gasteiger partial charge in [-0.25, -0.2) is 4.79 Å². The molecule has 0 fully saturated rings. The normalized spacial score (nSPS) is 11.8. The fourth-order valence-electron chi connectivity index (χ4n) is 5.63. The van der Waals surface area contributed by atoms with Crippen molar-refractivity contribution < 1.29 is 33.6 Å². The summed E-state index contributed by atoms with van der Waals surface area (Å²) in [4.78, 5) is 27.8. The number of hydrogen-bond donors (Lipinski definition) is 3. The van der Waals surface area contributed by atoms with Crippen molar-refractivity contribution in [3.8, 4) is 55.7 Å². The van der Waals surface area contributed by atoms with Gasteiger partial charge in [-0.05, 0) is 87.3 Å². The van der Waals surface area contributed by atoms with Gasteiger partial charge in [0.2, 0.25) is 5.75 Å². The summed E-state index contributed by atoms with van der Waals surface area (Å²) >= 11 is 1.58. The molecule has 0 saturated heterocycles. The number of rotatable bonds is 9. The number of fused-ring (bicyclic) bond motifs is 3. The maximum atomic E-state index is 14.0. The van der Waals surface area contributed by atoms with Crippen LogP contribution in [0.5, 0.6) is 23.0 Å². The Morgan fingerprint density at radius 2 is 1.59 bits per heavy atom. The van der Waals surface area contributed by atoms with E-state index in [2.05, 4.69) is 11.4 Å². The molecule has 0 bridgehead atoms. The second-order valence-electron chi connectivity index (χ2n) is 10.6. The van der Waals surface area contributed by atoms with Crippen LogP contribution in [0.15, 0.2) is 78.2 Å². The van der Waals surface area contributed by atoms with Crippen molar-refractivity contribution in [2.45, 2.75) is 13.0 Å². The van der Waals surface area contributed by atoms with Crippen molar-refractivity contribution in [3.63, 3.8) is 0 Å². The topological polar surface area (TPSA) is 129 Å². The number of carboxylic acid groups (broad SMARTS) is 1. The number of carbonyl (C=O) groups is 2. The molecule has 1 aromatic heterocycles. The molecule has 0 spiro atoms. The monoisotopic (exact) mass is 636 g/mol. The number of anilines is 1. The molecule has 0 atom stereocenters. The Morgan fingerprint density at radius 3 is 2.24 bits per heavy atom. The lowest BCUT2D eigenvalue weighted by Gasteiger charge is -2.18. The Bertz CT molecular complexity index is 1920. The summed E-state index contributed by atoms with van der Waals surface area (Å²) in [5, 5.41) is 15.5. The van der Waals surface area contributed by atoms with Gasteiger partial charge in [0.15, 0.2) is 11.5 Å². The molecule has 0 saturated carbocycles. The Kier molecular flexibility index (Phi) is 8.65. The molecule has 0 radical (unpaired) electrons. The standard InChI is InChI=1S/C36H32N2O7S/c1-42-31-15-23(16-32(43-2)33(31)44-3)22-6-9-25(28(14-22)36(40)41)26-18-30-29(34-21(10-12-45-30)11-13-46-34)17-27(26)35(39)38-24-7-4-20(19-37)5-8-24/h4-9,11,13-18H,10,12,19,37H2,1-3H3,(H,38,39)(H,40,41). The third-order valence-corrected chi connectivity index (χ3v) is 8.96. The molecule has 5 aromatic rings. The van der Waals surface area contributed by atoms with Crippen molar-refractivity contribution in [3.05, 3.63) is 100 Å². The molecular formula is C36H32N2O7S. The molecule has 0 unspecified atom stereocenters. The minimum atomic E-state index is -1.15. The molecule has 46 heavy (non-hydrogen) atoms. The van der Waals surface area contributed by atoms with E-state index in [1.807, 2.05) is 17.5 Å². The lowest BCUT2D eigenvalue weighted by molar-refractivity contribution is 0.0697. The average Bonchev–Trinajstić information content (AvgIpc) is 3.48. The number of carboxylic acids is 1. The molecule has 1 aliphatic heterocycles. The molecule has 9 nitrogen and oxygen atoms in total. The van der Waals surface area contributed by atoms with Crippen LogP contribution in [-0.2, 0) is 13.0 Å². The van der Waals surface area contributed by atoms with Crippen LogP contribution >= 0.6 is 11.3 Å². The number of nitrogens with two attached hydrogens (primary N) is 1. The zero-order valence-corrected chi connectivity index (χ0v) is 26.3. The molecule has 1 aliphatic rings. The molecule has 2 heterocycles. The number of hydrogen-bond acceptors (Lipinski definition) is 8. The largest absolute Gasteiger partial charge is 0.493 e. The van der Waals surface area contributed by atoms with Gasteiger partial charge in [-0.3, -0.25) is 4.79 Å². The van der Waals surface area contributed by atoms with Crippen molar-refractivity contribution in [1.82, 2.24) is 0 Å². The van der Waals surface area contributed by atoms with Gasteiger partial charge in [-0.15, -0.1) is 11.3 Å². The summed E-state index contributed by atoms with van der Waals surface area (Å²) in [6.45, 7) is 0.845. The highest BCUT2D eigenvalue weighted by atomic mass is 32.1. The Hall–Kier alpha value is -5.32. The summed E-state index contributed by atoms with van der Waals surface area (Å²) in [6, 6.07) is 21.5. The third kappa shape index (κ3) is 5.76. The van der Waals surface area contributed by atoms with Gasteiger partial charge in [0.1, 0.15) is 5.75 Å². The summed E-state index contributed by atoms with van der Waals surface area (Å²) < 4.78 is 22.6. The molecule has 1 amide bonds. The first-order chi connectivity index (χ1) is 22.3. The number of ether oxygens (including phenoxy) is 4. The van der Waals surface area contributed by atoms with Gasteiger partial charge in [-0.1, -0.05) is 24.3 Å². The maximum absolute atomic E-state index is 14.0. The van der Waals surface area contributed by atoms with Gasteiger partial charge in [-0.2, -0.15) is 0 Å². The molecule has 4 N–H and O–H groups in total. The molecule has 4 aromatic carbocycles. The molecular weight excluding hydrogens is 604 g/mol. The number of nitrogens with one attached hydrogen (secondary N) is 1. The van der Waals surface area contributed by atoms with E-state index in [1.54, 1.807) is 65.9 Å². The van der Waals surface area contributed by atoms with Gasteiger partial charge in [0.05, 0.1) is 33.5 Å². The number of aromatic carboxylic acids is 1. The highest BCUT2D eigenvalue weighted by Crippen LogP contribution is 2.45. The fourth-order valence-corrected chi connectivity index (χ4v) is 6.61. The second kappa shape index (κ2) is 13.0. The number of carbonyl (C=O) groups excluding carboxylic acids is 1. The van der Waals surface area contributed by atoms with Crippen LogP contribution in [0, 0.1) is 0 Å². The molecule has 234 valence electrons. The molecule has 0 aliphatic carbocycles. The van der Waals surface area contributed by atoms with E-state index in [9.17, 15) is 14.7 Å². The predicted octanol–water partition coefficient (Wildman–Crippen LogP) is 7.12. The lowest BCUT2D eigenvalue weighted by Crippen LogP contribution is -2.14. The summed E-state index contributed by atoms with van der Waals surface area (Å²) in [7, 11) is 4.56. The average molecular weight is 637 g/mol. The van der Waals surface area contributed by atoms with Crippen molar-refractivity contribution in [2.24, 2.45) is 5.73 Å². The second-order valence-corrected chi connectivity index (χ2v) is 11.5. The van der Waals surface area contributed by atoms with Crippen molar-refractivity contribution >= 4 is 28.9 Å². The van der Waals surface area contributed by atoms with E-state index in [1.165, 1.54) is 21.3 Å². The van der Waals surface area contributed by atoms with Crippen molar-refractivity contribution in [1.29, 1.82) is 0 Å². The highest BCUT2D eigenvalue weighted by Gasteiger charge is 2.26. The van der Waals surface area contributed by atoms with E-state index in [-0.39, 0.29) is 11.5 Å². The van der Waals surface area contributed by atoms with Crippen LogP contribution in [0.25, 0.3) is 32.7 Å². The first kappa shape index (κ1) is 30.7. The summed E-state index contributed by atoms with van der Waals surface area (Å²) in [5.41, 5.74) is 11.6. The number of benzene rings is 4. The van der Waals surface area contributed by atoms with E-state index < -0.39 is 5.97 Å². The number of amides is 1. The van der Waals surface area contributed by atoms with E-state index in [0.717, 1.165) is 28.0 Å². The zero-order chi connectivity index (χ0) is 32.4. The highest BCUT2D eigenvalue weighted by molar-refractivity contribution is 7.13. The molecule has 10 heteroatoms. The maximum Gasteiger partial charge on any atom is 0.336 e. The van der Waals surface area contributed by atoms with Crippen LogP contribution in [0.1, 0.15) is 31.8 Å². The van der Waals surface area contributed by atoms with Crippen LogP contribution in [0.3, 0.4) is 0 Å². The zero-order valence-electron chi connectivity index (χ0n) is 25.5. The first-order valence-electron chi connectivity index (χ1n) is 14.5. The van der Waals surface area contributed by atoms with Crippen LogP contribution in [0.2, 0.25) is 0 Å². The Balaban J connectivity index is 1.51. The fraction of sp³-hybridized carbons (Fsp3) is 0.167. The number of thiophene rings is 1. The lowest BCUT2D eigenvalue weighted by atomic mass is 9.90. The minimum Gasteiger partial charge on any atom is -0.493 e. The smallest absolute Gasteiger partial charge is 0.336 e. The van der Waals surface area contributed by atoms with E-state index in [0.29, 0.717) is 69.7 Å². The number of methoxy groups -OCH3 is 3. The van der Waals surface area contributed by atoms with E-state index >= 15 is 0 Å². The Morgan fingerprint density at radius 1 is 0.848 bits per heavy atom. The van der Waals surface area contributed by atoms with Gasteiger partial charge >= 0.3 is 5.97 Å².